The summed E-state index contributed by atoms with van der Waals surface area (Å²) in [6.07, 6.45) is 3.52. The van der Waals surface area contributed by atoms with Crippen LogP contribution in [0.1, 0.15) is 39.0 Å². The van der Waals surface area contributed by atoms with E-state index in [4.69, 9.17) is 4.74 Å². The molecule has 0 fully saturated rings. The summed E-state index contributed by atoms with van der Waals surface area (Å²) in [5, 5.41) is 14.5. The SMILES string of the molecule is Cc1cc2ccncc2c(Oc2ccc(C[C@H](Nc3c(N(CC(C)C)CC(C)C)c(=O)c3=O)C(=O)O)cc2)n1. The van der Waals surface area contributed by atoms with Crippen LogP contribution in [0, 0.1) is 18.8 Å². The fourth-order valence-corrected chi connectivity index (χ4v) is 4.63. The first kappa shape index (κ1) is 27.8. The molecule has 4 aromatic rings. The van der Waals surface area contributed by atoms with Crippen LogP contribution in [-0.2, 0) is 11.2 Å². The Kier molecular flexibility index (Phi) is 8.28. The van der Waals surface area contributed by atoms with Gasteiger partial charge in [-0.2, -0.15) is 0 Å². The smallest absolute Gasteiger partial charge is 0.326 e. The van der Waals surface area contributed by atoms with Gasteiger partial charge in [0.15, 0.2) is 0 Å². The average molecular weight is 531 g/mol. The minimum atomic E-state index is -1.11. The second-order valence-corrected chi connectivity index (χ2v) is 10.7. The van der Waals surface area contributed by atoms with Gasteiger partial charge in [-0.25, -0.2) is 9.78 Å². The molecule has 1 atom stereocenters. The zero-order valence-corrected chi connectivity index (χ0v) is 22.9. The molecule has 0 radical (unpaired) electrons. The van der Waals surface area contributed by atoms with Crippen molar-refractivity contribution in [3.05, 3.63) is 80.5 Å². The Hall–Kier alpha value is -4.27. The zero-order chi connectivity index (χ0) is 28.3. The Bertz CT molecular complexity index is 1530. The predicted molar refractivity (Wildman–Crippen MR) is 153 cm³/mol. The number of carbonyl (C=O) groups is 1. The molecule has 4 rings (SSSR count). The van der Waals surface area contributed by atoms with Gasteiger partial charge in [0.2, 0.25) is 5.88 Å². The number of aromatic nitrogens is 2. The van der Waals surface area contributed by atoms with E-state index < -0.39 is 22.9 Å². The Morgan fingerprint density at radius 3 is 2.31 bits per heavy atom. The van der Waals surface area contributed by atoms with Crippen molar-refractivity contribution in [2.75, 3.05) is 23.3 Å². The molecule has 0 aliphatic carbocycles. The molecule has 204 valence electrons. The summed E-state index contributed by atoms with van der Waals surface area (Å²) < 4.78 is 6.02. The third kappa shape index (κ3) is 6.42. The molecule has 0 amide bonds. The summed E-state index contributed by atoms with van der Waals surface area (Å²) in [5.41, 5.74) is 0.660. The summed E-state index contributed by atoms with van der Waals surface area (Å²) in [4.78, 5) is 47.7. The van der Waals surface area contributed by atoms with Gasteiger partial charge in [-0.15, -0.1) is 0 Å². The Labute approximate surface area is 227 Å². The fraction of sp³-hybridized carbons (Fsp3) is 0.367. The molecular formula is C30H34N4O5. The fourth-order valence-electron chi connectivity index (χ4n) is 4.63. The molecule has 0 unspecified atom stereocenters. The normalized spacial score (nSPS) is 12.3. The molecule has 9 heteroatoms. The van der Waals surface area contributed by atoms with Gasteiger partial charge >= 0.3 is 5.97 Å². The lowest BCUT2D eigenvalue weighted by molar-refractivity contribution is -0.137. The van der Waals surface area contributed by atoms with Crippen molar-refractivity contribution in [3.8, 4) is 11.6 Å². The highest BCUT2D eigenvalue weighted by Gasteiger charge is 2.30. The Morgan fingerprint density at radius 2 is 1.69 bits per heavy atom. The van der Waals surface area contributed by atoms with E-state index in [9.17, 15) is 19.5 Å². The average Bonchev–Trinajstić information content (AvgIpc) is 2.87. The zero-order valence-electron chi connectivity index (χ0n) is 22.9. The van der Waals surface area contributed by atoms with Crippen molar-refractivity contribution in [2.45, 2.75) is 47.1 Å². The van der Waals surface area contributed by atoms with E-state index in [1.807, 2.05) is 51.7 Å². The van der Waals surface area contributed by atoms with E-state index in [0.717, 1.165) is 22.0 Å². The third-order valence-electron chi connectivity index (χ3n) is 6.29. The molecule has 2 aromatic carbocycles. The van der Waals surface area contributed by atoms with E-state index in [-0.39, 0.29) is 29.6 Å². The van der Waals surface area contributed by atoms with E-state index in [2.05, 4.69) is 15.3 Å². The van der Waals surface area contributed by atoms with E-state index >= 15 is 0 Å². The second-order valence-electron chi connectivity index (χ2n) is 10.7. The number of benzene rings is 1. The van der Waals surface area contributed by atoms with Crippen molar-refractivity contribution < 1.29 is 14.6 Å². The minimum absolute atomic E-state index is 0.0830. The van der Waals surface area contributed by atoms with Crippen LogP contribution in [0.3, 0.4) is 0 Å². The van der Waals surface area contributed by atoms with Crippen LogP contribution in [0.5, 0.6) is 11.6 Å². The number of nitrogens with zero attached hydrogens (tertiary/aromatic N) is 3. The summed E-state index contributed by atoms with van der Waals surface area (Å²) in [6.45, 7) is 11.2. The minimum Gasteiger partial charge on any atom is -0.480 e. The number of fused-ring (bicyclic) bond motifs is 1. The number of carboxylic acids is 1. The molecule has 0 saturated heterocycles. The van der Waals surface area contributed by atoms with Crippen LogP contribution in [0.15, 0.2) is 58.4 Å². The second kappa shape index (κ2) is 11.6. The van der Waals surface area contributed by atoms with Crippen LogP contribution in [0.4, 0.5) is 11.4 Å². The number of aliphatic carboxylic acids is 1. The van der Waals surface area contributed by atoms with Gasteiger partial charge in [-0.3, -0.25) is 14.6 Å². The maximum atomic E-state index is 12.5. The van der Waals surface area contributed by atoms with Gasteiger partial charge in [0.25, 0.3) is 10.9 Å². The molecule has 2 heterocycles. The van der Waals surface area contributed by atoms with Crippen molar-refractivity contribution in [1.29, 1.82) is 0 Å². The number of pyridine rings is 2. The monoisotopic (exact) mass is 530 g/mol. The number of aryl methyl sites for hydroxylation is 1. The molecule has 0 aliphatic heterocycles. The first-order chi connectivity index (χ1) is 18.5. The summed E-state index contributed by atoms with van der Waals surface area (Å²) in [6, 6.07) is 9.80. The summed E-state index contributed by atoms with van der Waals surface area (Å²) in [7, 11) is 0. The van der Waals surface area contributed by atoms with Crippen molar-refractivity contribution in [3.63, 3.8) is 0 Å². The standard InChI is InChI=1S/C30H34N4O5/c1-17(2)15-34(16-18(3)4)26-25(27(35)28(26)36)33-24(30(37)38)13-20-6-8-22(9-7-20)39-29-23-14-31-11-10-21(23)12-19(5)32-29/h6-12,14,17-18,24,33H,13,15-16H2,1-5H3,(H,37,38)/t24-/m0/s1. The predicted octanol–water partition coefficient (Wildman–Crippen LogP) is 4.55. The lowest BCUT2D eigenvalue weighted by atomic mass is 10.0. The molecular weight excluding hydrogens is 496 g/mol. The number of hydrogen-bond acceptors (Lipinski definition) is 8. The largest absolute Gasteiger partial charge is 0.480 e. The van der Waals surface area contributed by atoms with Crippen molar-refractivity contribution in [2.24, 2.45) is 11.8 Å². The Morgan fingerprint density at radius 1 is 1.03 bits per heavy atom. The van der Waals surface area contributed by atoms with Gasteiger partial charge in [0.1, 0.15) is 23.2 Å². The van der Waals surface area contributed by atoms with Gasteiger partial charge in [0, 0.05) is 37.6 Å². The Balaban J connectivity index is 1.51. The topological polar surface area (TPSA) is 122 Å². The first-order valence-corrected chi connectivity index (χ1v) is 13.1. The highest BCUT2D eigenvalue weighted by atomic mass is 16.5. The van der Waals surface area contributed by atoms with E-state index in [1.54, 1.807) is 36.7 Å². The quantitative estimate of drug-likeness (QED) is 0.254. The molecule has 0 bridgehead atoms. The third-order valence-corrected chi connectivity index (χ3v) is 6.29. The maximum absolute atomic E-state index is 12.5. The maximum Gasteiger partial charge on any atom is 0.326 e. The molecule has 2 aromatic heterocycles. The van der Waals surface area contributed by atoms with Gasteiger partial charge in [-0.05, 0) is 54.0 Å². The van der Waals surface area contributed by atoms with Crippen LogP contribution < -0.4 is 25.8 Å². The molecule has 0 spiro atoms. The number of carboxylic acid groups (broad SMARTS) is 1. The molecule has 9 nitrogen and oxygen atoms in total. The first-order valence-electron chi connectivity index (χ1n) is 13.1. The van der Waals surface area contributed by atoms with Crippen LogP contribution in [0.2, 0.25) is 0 Å². The number of nitrogens with one attached hydrogen (secondary N) is 1. The number of ether oxygens (including phenoxy) is 1. The van der Waals surface area contributed by atoms with Gasteiger partial charge in [0.05, 0.1) is 5.39 Å². The highest BCUT2D eigenvalue weighted by molar-refractivity contribution is 5.86. The van der Waals surface area contributed by atoms with Crippen LogP contribution in [-0.4, -0.2) is 40.2 Å². The number of rotatable bonds is 12. The lowest BCUT2D eigenvalue weighted by Crippen LogP contribution is -2.47. The molecule has 39 heavy (non-hydrogen) atoms. The van der Waals surface area contributed by atoms with Gasteiger partial charge in [-0.1, -0.05) is 39.8 Å². The van der Waals surface area contributed by atoms with Crippen molar-refractivity contribution >= 4 is 28.1 Å². The van der Waals surface area contributed by atoms with Gasteiger partial charge < -0.3 is 20.1 Å². The lowest BCUT2D eigenvalue weighted by Gasteiger charge is -2.31. The van der Waals surface area contributed by atoms with Crippen LogP contribution >= 0.6 is 0 Å². The summed E-state index contributed by atoms with van der Waals surface area (Å²) in [5.74, 6) is 0.402. The van der Waals surface area contributed by atoms with E-state index in [1.165, 1.54) is 0 Å². The summed E-state index contributed by atoms with van der Waals surface area (Å²) >= 11 is 0. The van der Waals surface area contributed by atoms with Crippen molar-refractivity contribution in [1.82, 2.24) is 9.97 Å². The number of hydrogen-bond donors (Lipinski definition) is 2. The molecule has 0 aliphatic rings. The number of anilines is 2. The highest BCUT2D eigenvalue weighted by Crippen LogP contribution is 2.29. The van der Waals surface area contributed by atoms with E-state index in [0.29, 0.717) is 24.7 Å². The van der Waals surface area contributed by atoms with Crippen LogP contribution in [0.25, 0.3) is 10.8 Å². The molecule has 2 N–H and O–H groups in total. The molecule has 0 saturated carbocycles.